The number of fused-ring (bicyclic) bond motifs is 4. The molecule has 1 fully saturated rings. The van der Waals surface area contributed by atoms with Crippen LogP contribution in [-0.2, 0) is 4.74 Å². The summed E-state index contributed by atoms with van der Waals surface area (Å²) >= 11 is 0. The number of urea groups is 1. The van der Waals surface area contributed by atoms with E-state index < -0.39 is 11.7 Å². The van der Waals surface area contributed by atoms with Crippen LogP contribution in [0.5, 0.6) is 5.75 Å². The lowest BCUT2D eigenvalue weighted by atomic mass is 9.90. The molecule has 0 aromatic heterocycles. The van der Waals surface area contributed by atoms with Crippen LogP contribution in [0.4, 0.5) is 16.2 Å². The number of rotatable bonds is 5. The molecule has 2 aliphatic rings. The average Bonchev–Trinajstić information content (AvgIpc) is 2.84. The van der Waals surface area contributed by atoms with Gasteiger partial charge in [-0.3, -0.25) is 9.69 Å². The van der Waals surface area contributed by atoms with Gasteiger partial charge in [-0.25, -0.2) is 9.59 Å². The van der Waals surface area contributed by atoms with E-state index in [0.29, 0.717) is 35.5 Å². The van der Waals surface area contributed by atoms with Crippen LogP contribution in [-0.4, -0.2) is 30.2 Å². The summed E-state index contributed by atoms with van der Waals surface area (Å²) in [6.45, 7) is 3.92. The first-order chi connectivity index (χ1) is 16.9. The number of carbonyl (C=O) groups excluding carboxylic acids is 3. The fourth-order valence-corrected chi connectivity index (χ4v) is 4.61. The normalized spacial score (nSPS) is 20.2. The lowest BCUT2D eigenvalue weighted by molar-refractivity contribution is 0.0378. The second-order valence-corrected chi connectivity index (χ2v) is 8.66. The number of anilines is 2. The Morgan fingerprint density at radius 3 is 2.63 bits per heavy atom. The number of nitrogens with zero attached hydrogens (tertiary/aromatic N) is 1. The van der Waals surface area contributed by atoms with Crippen molar-refractivity contribution < 1.29 is 23.9 Å². The van der Waals surface area contributed by atoms with Crippen molar-refractivity contribution in [3.8, 4) is 5.75 Å². The smallest absolute Gasteiger partial charge is 0.338 e. The van der Waals surface area contributed by atoms with E-state index >= 15 is 0 Å². The molecule has 2 aliphatic heterocycles. The second-order valence-electron chi connectivity index (χ2n) is 8.66. The Kier molecular flexibility index (Phi) is 5.64. The van der Waals surface area contributed by atoms with Crippen molar-refractivity contribution in [2.45, 2.75) is 32.0 Å². The first kappa shape index (κ1) is 22.5. The molecule has 35 heavy (non-hydrogen) atoms. The molecule has 3 aromatic carbocycles. The molecular formula is C27H25N3O5. The number of esters is 1. The molecule has 2 bridgehead atoms. The molecule has 3 aromatic rings. The van der Waals surface area contributed by atoms with Crippen molar-refractivity contribution >= 4 is 29.3 Å². The number of para-hydroxylation sites is 1. The Labute approximate surface area is 202 Å². The van der Waals surface area contributed by atoms with Gasteiger partial charge in [0.2, 0.25) is 0 Å². The molecule has 0 radical (unpaired) electrons. The molecule has 1 saturated heterocycles. The monoisotopic (exact) mass is 471 g/mol. The molecular weight excluding hydrogens is 446 g/mol. The van der Waals surface area contributed by atoms with E-state index in [1.165, 1.54) is 0 Å². The van der Waals surface area contributed by atoms with Gasteiger partial charge in [0.1, 0.15) is 5.75 Å². The van der Waals surface area contributed by atoms with E-state index in [9.17, 15) is 14.4 Å². The third-order valence-corrected chi connectivity index (χ3v) is 6.20. The van der Waals surface area contributed by atoms with Gasteiger partial charge in [0.05, 0.1) is 23.9 Å². The number of hydrogen-bond donors (Lipinski definition) is 2. The van der Waals surface area contributed by atoms with Crippen molar-refractivity contribution in [3.63, 3.8) is 0 Å². The molecule has 178 valence electrons. The largest absolute Gasteiger partial charge is 0.467 e. The fraction of sp³-hybridized carbons (Fsp3) is 0.222. The zero-order valence-corrected chi connectivity index (χ0v) is 19.4. The first-order valence-corrected chi connectivity index (χ1v) is 11.5. The van der Waals surface area contributed by atoms with Gasteiger partial charge in [-0.2, -0.15) is 0 Å². The number of benzene rings is 3. The molecule has 2 atom stereocenters. The number of amides is 3. The topological polar surface area (TPSA) is 97.0 Å². The van der Waals surface area contributed by atoms with E-state index in [1.807, 2.05) is 31.2 Å². The highest BCUT2D eigenvalue weighted by atomic mass is 16.5. The third kappa shape index (κ3) is 4.19. The van der Waals surface area contributed by atoms with Gasteiger partial charge in [-0.15, -0.1) is 0 Å². The fourth-order valence-electron chi connectivity index (χ4n) is 4.61. The van der Waals surface area contributed by atoms with Crippen LogP contribution in [0.3, 0.4) is 0 Å². The van der Waals surface area contributed by atoms with Gasteiger partial charge in [0.15, 0.2) is 5.72 Å². The van der Waals surface area contributed by atoms with Crippen LogP contribution in [0.1, 0.15) is 52.6 Å². The Bertz CT molecular complexity index is 1310. The Morgan fingerprint density at radius 1 is 1.09 bits per heavy atom. The minimum atomic E-state index is -0.903. The summed E-state index contributed by atoms with van der Waals surface area (Å²) in [6.07, 6.45) is 0.568. The van der Waals surface area contributed by atoms with Crippen LogP contribution >= 0.6 is 0 Å². The van der Waals surface area contributed by atoms with Gasteiger partial charge in [-0.05, 0) is 62.4 Å². The Hall–Kier alpha value is -4.33. The summed E-state index contributed by atoms with van der Waals surface area (Å²) in [5.41, 5.74) is 1.93. The molecule has 8 nitrogen and oxygen atoms in total. The highest BCUT2D eigenvalue weighted by Gasteiger charge is 2.49. The molecule has 5 rings (SSSR count). The van der Waals surface area contributed by atoms with Crippen molar-refractivity contribution in [1.82, 2.24) is 5.32 Å². The molecule has 8 heteroatoms. The maximum absolute atomic E-state index is 13.1. The van der Waals surface area contributed by atoms with E-state index in [2.05, 4.69) is 10.6 Å². The van der Waals surface area contributed by atoms with Gasteiger partial charge < -0.3 is 20.1 Å². The number of carbonyl (C=O) groups is 3. The van der Waals surface area contributed by atoms with Gasteiger partial charge in [0.25, 0.3) is 5.91 Å². The third-order valence-electron chi connectivity index (χ3n) is 6.20. The summed E-state index contributed by atoms with van der Waals surface area (Å²) in [4.78, 5) is 39.5. The molecule has 0 spiro atoms. The summed E-state index contributed by atoms with van der Waals surface area (Å²) < 4.78 is 11.3. The van der Waals surface area contributed by atoms with E-state index in [1.54, 1.807) is 60.4 Å². The summed E-state index contributed by atoms with van der Waals surface area (Å²) in [6, 6.07) is 20.6. The number of hydrogen-bond acceptors (Lipinski definition) is 5. The van der Waals surface area contributed by atoms with Crippen molar-refractivity contribution in [2.75, 3.05) is 16.8 Å². The van der Waals surface area contributed by atoms with E-state index in [4.69, 9.17) is 9.47 Å². The summed E-state index contributed by atoms with van der Waals surface area (Å²) in [5.74, 6) is -0.0244. The average molecular weight is 472 g/mol. The minimum absolute atomic E-state index is 0.141. The Balaban J connectivity index is 1.37. The Morgan fingerprint density at radius 2 is 1.86 bits per heavy atom. The van der Waals surface area contributed by atoms with Crippen LogP contribution in [0, 0.1) is 0 Å². The van der Waals surface area contributed by atoms with Gasteiger partial charge in [-0.1, -0.05) is 24.3 Å². The lowest BCUT2D eigenvalue weighted by Crippen LogP contribution is -2.65. The van der Waals surface area contributed by atoms with E-state index in [-0.39, 0.29) is 18.0 Å². The molecule has 3 amide bonds. The van der Waals surface area contributed by atoms with Gasteiger partial charge >= 0.3 is 12.0 Å². The minimum Gasteiger partial charge on any atom is -0.467 e. The van der Waals surface area contributed by atoms with Crippen molar-refractivity contribution in [2.24, 2.45) is 0 Å². The van der Waals surface area contributed by atoms with Crippen LogP contribution in [0.25, 0.3) is 0 Å². The highest BCUT2D eigenvalue weighted by molar-refractivity contribution is 6.06. The maximum Gasteiger partial charge on any atom is 0.338 e. The zero-order chi connectivity index (χ0) is 24.6. The lowest BCUT2D eigenvalue weighted by Gasteiger charge is -2.50. The van der Waals surface area contributed by atoms with Crippen LogP contribution in [0.2, 0.25) is 0 Å². The van der Waals surface area contributed by atoms with Gasteiger partial charge in [0, 0.05) is 23.2 Å². The molecule has 0 aliphatic carbocycles. The predicted molar refractivity (Wildman–Crippen MR) is 131 cm³/mol. The van der Waals surface area contributed by atoms with Crippen molar-refractivity contribution in [1.29, 1.82) is 0 Å². The van der Waals surface area contributed by atoms with E-state index in [0.717, 1.165) is 11.3 Å². The summed E-state index contributed by atoms with van der Waals surface area (Å²) in [5, 5.41) is 5.88. The highest BCUT2D eigenvalue weighted by Crippen LogP contribution is 2.45. The second kappa shape index (κ2) is 8.79. The van der Waals surface area contributed by atoms with Crippen LogP contribution < -0.4 is 20.3 Å². The molecule has 2 heterocycles. The predicted octanol–water partition coefficient (Wildman–Crippen LogP) is 4.89. The first-order valence-electron chi connectivity index (χ1n) is 11.5. The standard InChI is InChI=1S/C27H25N3O5/c1-3-34-25(32)17-11-13-19(14-12-17)28-24(31)18-7-6-8-20(15-18)30-26(33)29-22-16-27(30,2)35-23-10-5-4-9-21(22)23/h4-15,22H,3,16H2,1-2H3,(H,28,31)(H,29,33). The van der Waals surface area contributed by atoms with Crippen molar-refractivity contribution in [3.05, 3.63) is 89.5 Å². The number of nitrogens with one attached hydrogen (secondary N) is 2. The number of ether oxygens (including phenoxy) is 2. The zero-order valence-electron chi connectivity index (χ0n) is 19.4. The molecule has 2 N–H and O–H groups in total. The maximum atomic E-state index is 13.1. The quantitative estimate of drug-likeness (QED) is 0.517. The SMILES string of the molecule is CCOC(=O)c1ccc(NC(=O)c2cccc(N3C(=O)NC4CC3(C)Oc3ccccc34)c2)cc1. The summed E-state index contributed by atoms with van der Waals surface area (Å²) in [7, 11) is 0. The molecule has 0 saturated carbocycles. The molecule has 2 unspecified atom stereocenters. The van der Waals surface area contributed by atoms with Crippen LogP contribution in [0.15, 0.2) is 72.8 Å².